The highest BCUT2D eigenvalue weighted by molar-refractivity contribution is 7.89. The van der Waals surface area contributed by atoms with Gasteiger partial charge in [0.05, 0.1) is 18.3 Å². The first-order chi connectivity index (χ1) is 10.1. The highest BCUT2D eigenvalue weighted by atomic mass is 32.2. The number of fused-ring (bicyclic) bond motifs is 1. The van der Waals surface area contributed by atoms with E-state index in [0.717, 1.165) is 37.4 Å². The number of hydrogen-bond donors (Lipinski definition) is 1. The van der Waals surface area contributed by atoms with Crippen LogP contribution in [0.25, 0.3) is 11.0 Å². The molecule has 1 N–H and O–H groups in total. The molecule has 2 aromatic rings. The summed E-state index contributed by atoms with van der Waals surface area (Å²) in [4.78, 5) is 0.189. The highest BCUT2D eigenvalue weighted by Gasteiger charge is 2.34. The van der Waals surface area contributed by atoms with Crippen LogP contribution < -0.4 is 0 Å². The van der Waals surface area contributed by atoms with E-state index in [1.807, 2.05) is 0 Å². The van der Waals surface area contributed by atoms with Crippen LogP contribution in [-0.2, 0) is 10.0 Å². The molecule has 0 aliphatic heterocycles. The van der Waals surface area contributed by atoms with E-state index in [1.54, 1.807) is 18.2 Å². The second-order valence-electron chi connectivity index (χ2n) is 5.17. The molecule has 1 aliphatic carbocycles. The fourth-order valence-electron chi connectivity index (χ4n) is 2.91. The first kappa shape index (κ1) is 14.8. The zero-order valence-electron chi connectivity index (χ0n) is 11.5. The zero-order valence-corrected chi connectivity index (χ0v) is 13.1. The lowest BCUT2D eigenvalue weighted by Gasteiger charge is -2.27. The number of rotatable bonds is 5. The maximum absolute atomic E-state index is 13.0. The molecule has 1 saturated carbocycles. The summed E-state index contributed by atoms with van der Waals surface area (Å²) in [7, 11) is -3.67. The van der Waals surface area contributed by atoms with Crippen LogP contribution in [-0.4, -0.2) is 45.8 Å². The minimum Gasteiger partial charge on any atom is -0.395 e. The standard InChI is InChI=1S/C13H17N3O3S2/c17-9-8-16(10-4-1-2-5-10)21(18,19)12-7-3-6-11-13(12)15-20-14-11/h3,6-7,10,17H,1-2,4-5,8-9H2. The van der Waals surface area contributed by atoms with E-state index in [0.29, 0.717) is 11.0 Å². The molecule has 6 nitrogen and oxygen atoms in total. The lowest BCUT2D eigenvalue weighted by atomic mass is 10.2. The first-order valence-electron chi connectivity index (χ1n) is 6.98. The smallest absolute Gasteiger partial charge is 0.245 e. The molecule has 1 fully saturated rings. The quantitative estimate of drug-likeness (QED) is 0.902. The van der Waals surface area contributed by atoms with Gasteiger partial charge in [0.2, 0.25) is 10.0 Å². The number of aliphatic hydroxyl groups is 1. The monoisotopic (exact) mass is 327 g/mol. The molecular weight excluding hydrogens is 310 g/mol. The molecule has 114 valence electrons. The molecule has 1 aromatic heterocycles. The van der Waals surface area contributed by atoms with Crippen LogP contribution in [0.4, 0.5) is 0 Å². The molecule has 3 rings (SSSR count). The molecule has 1 aliphatic rings. The summed E-state index contributed by atoms with van der Waals surface area (Å²) >= 11 is 1.01. The fraction of sp³-hybridized carbons (Fsp3) is 0.538. The van der Waals surface area contributed by atoms with Crippen LogP contribution in [0.5, 0.6) is 0 Å². The van der Waals surface area contributed by atoms with Gasteiger partial charge in [0.1, 0.15) is 15.9 Å². The zero-order chi connectivity index (χ0) is 14.9. The third-order valence-corrected chi connectivity index (χ3v) is 6.41. The van der Waals surface area contributed by atoms with Gasteiger partial charge in [-0.2, -0.15) is 13.1 Å². The predicted molar refractivity (Wildman–Crippen MR) is 80.6 cm³/mol. The van der Waals surface area contributed by atoms with Gasteiger partial charge in [-0.1, -0.05) is 18.9 Å². The van der Waals surface area contributed by atoms with Crippen molar-refractivity contribution >= 4 is 32.8 Å². The van der Waals surface area contributed by atoms with Crippen molar-refractivity contribution < 1.29 is 13.5 Å². The molecule has 0 spiro atoms. The lowest BCUT2D eigenvalue weighted by Crippen LogP contribution is -2.40. The van der Waals surface area contributed by atoms with Crippen LogP contribution in [0.2, 0.25) is 0 Å². The third kappa shape index (κ3) is 2.68. The molecule has 0 unspecified atom stereocenters. The molecule has 1 heterocycles. The van der Waals surface area contributed by atoms with E-state index in [2.05, 4.69) is 8.75 Å². The number of nitrogens with zero attached hydrogens (tertiary/aromatic N) is 3. The number of sulfonamides is 1. The van der Waals surface area contributed by atoms with Crippen molar-refractivity contribution in [1.29, 1.82) is 0 Å². The summed E-state index contributed by atoms with van der Waals surface area (Å²) in [5.74, 6) is 0. The Kier molecular flexibility index (Phi) is 4.21. The highest BCUT2D eigenvalue weighted by Crippen LogP contribution is 2.30. The van der Waals surface area contributed by atoms with Crippen molar-refractivity contribution in [3.8, 4) is 0 Å². The maximum Gasteiger partial charge on any atom is 0.245 e. The number of aromatic nitrogens is 2. The Morgan fingerprint density at radius 2 is 2.05 bits per heavy atom. The molecule has 21 heavy (non-hydrogen) atoms. The molecule has 0 bridgehead atoms. The summed E-state index contributed by atoms with van der Waals surface area (Å²) in [6, 6.07) is 4.98. The lowest BCUT2D eigenvalue weighted by molar-refractivity contribution is 0.226. The molecule has 0 radical (unpaired) electrons. The summed E-state index contributed by atoms with van der Waals surface area (Å²) in [5.41, 5.74) is 1.01. The van der Waals surface area contributed by atoms with Gasteiger partial charge >= 0.3 is 0 Å². The van der Waals surface area contributed by atoms with E-state index in [4.69, 9.17) is 0 Å². The van der Waals surface area contributed by atoms with Gasteiger partial charge in [-0.05, 0) is 25.0 Å². The van der Waals surface area contributed by atoms with Gasteiger partial charge in [-0.25, -0.2) is 8.42 Å². The Bertz CT molecular complexity index is 723. The molecule has 0 amide bonds. The van der Waals surface area contributed by atoms with Gasteiger partial charge in [-0.3, -0.25) is 0 Å². The predicted octanol–water partition coefficient (Wildman–Crippen LogP) is 1.62. The van der Waals surface area contributed by atoms with Crippen LogP contribution >= 0.6 is 11.7 Å². The topological polar surface area (TPSA) is 83.4 Å². The Hall–Kier alpha value is -1.09. The third-order valence-electron chi connectivity index (χ3n) is 3.89. The number of hydrogen-bond acceptors (Lipinski definition) is 6. The maximum atomic E-state index is 13.0. The van der Waals surface area contributed by atoms with Crippen molar-refractivity contribution in [2.45, 2.75) is 36.6 Å². The van der Waals surface area contributed by atoms with Crippen LogP contribution in [0.15, 0.2) is 23.1 Å². The Morgan fingerprint density at radius 3 is 2.76 bits per heavy atom. The van der Waals surface area contributed by atoms with Crippen molar-refractivity contribution in [3.05, 3.63) is 18.2 Å². The number of aliphatic hydroxyl groups excluding tert-OH is 1. The SMILES string of the molecule is O=S(=O)(c1cccc2nsnc12)N(CCO)C1CCCC1. The van der Waals surface area contributed by atoms with Gasteiger partial charge in [0, 0.05) is 12.6 Å². The molecule has 0 saturated heterocycles. The van der Waals surface area contributed by atoms with Crippen molar-refractivity contribution in [3.63, 3.8) is 0 Å². The average Bonchev–Trinajstić information content (AvgIpc) is 3.14. The van der Waals surface area contributed by atoms with E-state index >= 15 is 0 Å². The summed E-state index contributed by atoms with van der Waals surface area (Å²) in [6.45, 7) is -0.0536. The molecule has 0 atom stereocenters. The van der Waals surface area contributed by atoms with Gasteiger partial charge < -0.3 is 5.11 Å². The summed E-state index contributed by atoms with van der Waals surface area (Å²) in [6.07, 6.45) is 3.77. The minimum absolute atomic E-state index is 0.0241. The second kappa shape index (κ2) is 5.96. The average molecular weight is 327 g/mol. The Balaban J connectivity index is 2.06. The Labute approximate surface area is 127 Å². The van der Waals surface area contributed by atoms with Crippen LogP contribution in [0, 0.1) is 0 Å². The second-order valence-corrected chi connectivity index (χ2v) is 7.55. The first-order valence-corrected chi connectivity index (χ1v) is 9.15. The minimum atomic E-state index is -3.67. The van der Waals surface area contributed by atoms with Crippen LogP contribution in [0.1, 0.15) is 25.7 Å². The van der Waals surface area contributed by atoms with Gasteiger partial charge in [0.15, 0.2) is 0 Å². The van der Waals surface area contributed by atoms with E-state index in [9.17, 15) is 13.5 Å². The normalized spacial score (nSPS) is 17.0. The molecular formula is C13H17N3O3S2. The van der Waals surface area contributed by atoms with E-state index < -0.39 is 10.0 Å². The van der Waals surface area contributed by atoms with E-state index in [-0.39, 0.29) is 24.1 Å². The molecule has 1 aromatic carbocycles. The summed E-state index contributed by atoms with van der Waals surface area (Å²) in [5, 5.41) is 9.25. The summed E-state index contributed by atoms with van der Waals surface area (Å²) < 4.78 is 35.6. The van der Waals surface area contributed by atoms with Crippen LogP contribution in [0.3, 0.4) is 0 Å². The van der Waals surface area contributed by atoms with Gasteiger partial charge in [0.25, 0.3) is 0 Å². The van der Waals surface area contributed by atoms with E-state index in [1.165, 1.54) is 4.31 Å². The Morgan fingerprint density at radius 1 is 1.29 bits per heavy atom. The van der Waals surface area contributed by atoms with Crippen molar-refractivity contribution in [2.75, 3.05) is 13.2 Å². The van der Waals surface area contributed by atoms with Crippen molar-refractivity contribution in [1.82, 2.24) is 13.1 Å². The fourth-order valence-corrected chi connectivity index (χ4v) is 5.34. The largest absolute Gasteiger partial charge is 0.395 e. The number of benzene rings is 1. The van der Waals surface area contributed by atoms with Gasteiger partial charge in [-0.15, -0.1) is 0 Å². The van der Waals surface area contributed by atoms with Crippen molar-refractivity contribution in [2.24, 2.45) is 0 Å². The molecule has 8 heteroatoms.